The number of ether oxygens (including phenoxy) is 1. The third-order valence-electron chi connectivity index (χ3n) is 3.68. The molecule has 0 atom stereocenters. The molecule has 4 nitrogen and oxygen atoms in total. The Hall–Kier alpha value is -2.59. The molecule has 0 unspecified atom stereocenters. The van der Waals surface area contributed by atoms with Crippen LogP contribution in [0.5, 0.6) is 5.75 Å². The van der Waals surface area contributed by atoms with Crippen molar-refractivity contribution in [1.29, 1.82) is 0 Å². The average molecular weight is 340 g/mol. The topological polar surface area (TPSA) is 47.0 Å². The minimum atomic E-state index is 0.591. The Morgan fingerprint density at radius 2 is 1.88 bits per heavy atom. The maximum Gasteiger partial charge on any atom is 0.137 e. The van der Waals surface area contributed by atoms with Crippen molar-refractivity contribution in [2.45, 2.75) is 13.5 Å². The van der Waals surface area contributed by atoms with E-state index in [2.05, 4.69) is 15.3 Å². The lowest BCUT2D eigenvalue weighted by molar-refractivity contribution is 0.415. The number of methoxy groups -OCH3 is 1. The highest BCUT2D eigenvalue weighted by molar-refractivity contribution is 6.32. The fourth-order valence-electron chi connectivity index (χ4n) is 2.39. The van der Waals surface area contributed by atoms with Crippen molar-refractivity contribution in [2.75, 3.05) is 12.4 Å². The van der Waals surface area contributed by atoms with Crippen LogP contribution in [0, 0.1) is 6.92 Å². The molecule has 0 bridgehead atoms. The molecule has 3 rings (SSSR count). The molecule has 2 aromatic heterocycles. The number of hydrogen-bond acceptors (Lipinski definition) is 4. The van der Waals surface area contributed by atoms with Gasteiger partial charge in [-0.05, 0) is 42.8 Å². The summed E-state index contributed by atoms with van der Waals surface area (Å²) in [5, 5.41) is 3.94. The summed E-state index contributed by atoms with van der Waals surface area (Å²) >= 11 is 6.18. The molecule has 2 heterocycles. The first-order valence-corrected chi connectivity index (χ1v) is 7.99. The van der Waals surface area contributed by atoms with Crippen LogP contribution in [0.25, 0.3) is 11.1 Å². The zero-order valence-electron chi connectivity index (χ0n) is 13.6. The summed E-state index contributed by atoms with van der Waals surface area (Å²) in [6.07, 6.45) is 3.65. The summed E-state index contributed by atoms with van der Waals surface area (Å²) in [5.74, 6) is 0.668. The summed E-state index contributed by atoms with van der Waals surface area (Å²) in [6.45, 7) is 2.63. The van der Waals surface area contributed by atoms with E-state index in [1.54, 1.807) is 13.3 Å². The fraction of sp³-hybridized carbons (Fsp3) is 0.158. The number of hydrogen-bond donors (Lipinski definition) is 1. The first kappa shape index (κ1) is 16.3. The van der Waals surface area contributed by atoms with Crippen molar-refractivity contribution >= 4 is 17.3 Å². The number of nitrogens with one attached hydrogen (secondary N) is 1. The second-order valence-electron chi connectivity index (χ2n) is 5.43. The molecule has 0 spiro atoms. The van der Waals surface area contributed by atoms with Crippen LogP contribution in [0.1, 0.15) is 11.4 Å². The van der Waals surface area contributed by atoms with Crippen LogP contribution >= 0.6 is 11.6 Å². The summed E-state index contributed by atoms with van der Waals surface area (Å²) in [6, 6.07) is 13.7. The van der Waals surface area contributed by atoms with Gasteiger partial charge in [0.1, 0.15) is 5.75 Å². The van der Waals surface area contributed by atoms with Crippen molar-refractivity contribution in [3.63, 3.8) is 0 Å². The molecule has 1 N–H and O–H groups in total. The van der Waals surface area contributed by atoms with Gasteiger partial charge < -0.3 is 10.1 Å². The normalized spacial score (nSPS) is 10.5. The second-order valence-corrected chi connectivity index (χ2v) is 5.83. The highest BCUT2D eigenvalue weighted by Crippen LogP contribution is 2.29. The van der Waals surface area contributed by atoms with Gasteiger partial charge in [0, 0.05) is 29.3 Å². The average Bonchev–Trinajstić information content (AvgIpc) is 2.60. The van der Waals surface area contributed by atoms with E-state index in [1.807, 2.05) is 55.6 Å². The monoisotopic (exact) mass is 339 g/mol. The zero-order valence-corrected chi connectivity index (χ0v) is 14.3. The van der Waals surface area contributed by atoms with Gasteiger partial charge in [-0.25, -0.2) is 0 Å². The molecule has 5 heteroatoms. The number of aromatic nitrogens is 2. The third-order valence-corrected chi connectivity index (χ3v) is 3.98. The molecule has 3 aromatic rings. The summed E-state index contributed by atoms with van der Waals surface area (Å²) in [5.41, 5.74) is 5.02. The van der Waals surface area contributed by atoms with Crippen molar-refractivity contribution in [3.05, 3.63) is 71.3 Å². The standard InChI is InChI=1S/C19H18ClN3O/c1-13-9-16(7-8-21-13)23-12-17-5-3-15(11-22-17)14-4-6-19(24-2)18(20)10-14/h3-11H,12H2,1-2H3,(H,21,23). The van der Waals surface area contributed by atoms with Gasteiger partial charge >= 0.3 is 0 Å². The van der Waals surface area contributed by atoms with Crippen molar-refractivity contribution in [2.24, 2.45) is 0 Å². The van der Waals surface area contributed by atoms with Gasteiger partial charge in [0.2, 0.25) is 0 Å². The lowest BCUT2D eigenvalue weighted by Crippen LogP contribution is -2.02. The molecule has 0 saturated carbocycles. The Kier molecular flexibility index (Phi) is 4.96. The van der Waals surface area contributed by atoms with E-state index in [-0.39, 0.29) is 0 Å². The lowest BCUT2D eigenvalue weighted by atomic mass is 10.1. The summed E-state index contributed by atoms with van der Waals surface area (Å²) in [7, 11) is 1.61. The molecule has 0 aliphatic rings. The van der Waals surface area contributed by atoms with Crippen molar-refractivity contribution < 1.29 is 4.74 Å². The van der Waals surface area contributed by atoms with Crippen LogP contribution in [0.3, 0.4) is 0 Å². The highest BCUT2D eigenvalue weighted by Gasteiger charge is 2.05. The number of rotatable bonds is 5. The number of pyridine rings is 2. The van der Waals surface area contributed by atoms with Crippen LogP contribution in [0.2, 0.25) is 5.02 Å². The Balaban J connectivity index is 1.70. The number of halogens is 1. The minimum absolute atomic E-state index is 0.591. The molecule has 0 fully saturated rings. The first-order chi connectivity index (χ1) is 11.7. The predicted molar refractivity (Wildman–Crippen MR) is 97.5 cm³/mol. The molecular formula is C19H18ClN3O. The van der Waals surface area contributed by atoms with E-state index >= 15 is 0 Å². The van der Waals surface area contributed by atoms with Gasteiger partial charge in [0.25, 0.3) is 0 Å². The minimum Gasteiger partial charge on any atom is -0.495 e. The van der Waals surface area contributed by atoms with E-state index in [9.17, 15) is 0 Å². The maximum atomic E-state index is 6.18. The van der Waals surface area contributed by atoms with Crippen LogP contribution in [0.4, 0.5) is 5.69 Å². The quantitative estimate of drug-likeness (QED) is 0.730. The molecule has 0 amide bonds. The van der Waals surface area contributed by atoms with Gasteiger partial charge in [-0.3, -0.25) is 9.97 Å². The Morgan fingerprint density at radius 3 is 2.54 bits per heavy atom. The van der Waals surface area contributed by atoms with Crippen LogP contribution in [-0.4, -0.2) is 17.1 Å². The highest BCUT2D eigenvalue weighted by atomic mass is 35.5. The predicted octanol–water partition coefficient (Wildman–Crippen LogP) is 4.73. The Morgan fingerprint density at radius 1 is 1.04 bits per heavy atom. The lowest BCUT2D eigenvalue weighted by Gasteiger charge is -2.08. The molecule has 122 valence electrons. The van der Waals surface area contributed by atoms with Crippen molar-refractivity contribution in [3.8, 4) is 16.9 Å². The Bertz CT molecular complexity index is 834. The zero-order chi connectivity index (χ0) is 16.9. The summed E-state index contributed by atoms with van der Waals surface area (Å²) in [4.78, 5) is 8.70. The first-order valence-electron chi connectivity index (χ1n) is 7.61. The number of benzene rings is 1. The maximum absolute atomic E-state index is 6.18. The SMILES string of the molecule is COc1ccc(-c2ccc(CNc3ccnc(C)c3)nc2)cc1Cl. The van der Waals surface area contributed by atoms with Crippen LogP contribution in [0.15, 0.2) is 54.9 Å². The molecule has 1 aromatic carbocycles. The number of nitrogens with zero attached hydrogens (tertiary/aromatic N) is 2. The summed E-state index contributed by atoms with van der Waals surface area (Å²) < 4.78 is 5.18. The van der Waals surface area contributed by atoms with Gasteiger partial charge in [-0.2, -0.15) is 0 Å². The van der Waals surface area contributed by atoms with Crippen LogP contribution in [-0.2, 0) is 6.54 Å². The van der Waals surface area contributed by atoms with Gasteiger partial charge in [-0.15, -0.1) is 0 Å². The largest absolute Gasteiger partial charge is 0.495 e. The molecule has 0 aliphatic heterocycles. The number of anilines is 1. The molecule has 0 aliphatic carbocycles. The molecule has 24 heavy (non-hydrogen) atoms. The number of aryl methyl sites for hydroxylation is 1. The van der Waals surface area contributed by atoms with E-state index < -0.39 is 0 Å². The van der Waals surface area contributed by atoms with Crippen molar-refractivity contribution in [1.82, 2.24) is 9.97 Å². The van der Waals surface area contributed by atoms with Gasteiger partial charge in [-0.1, -0.05) is 23.7 Å². The van der Waals surface area contributed by atoms with Gasteiger partial charge in [0.05, 0.1) is 24.4 Å². The van der Waals surface area contributed by atoms with Gasteiger partial charge in [0.15, 0.2) is 0 Å². The molecule has 0 saturated heterocycles. The third kappa shape index (κ3) is 3.84. The van der Waals surface area contributed by atoms with E-state index in [0.717, 1.165) is 28.2 Å². The Labute approximate surface area is 146 Å². The smallest absolute Gasteiger partial charge is 0.137 e. The molecular weight excluding hydrogens is 322 g/mol. The van der Waals surface area contributed by atoms with E-state index in [1.165, 1.54) is 0 Å². The van der Waals surface area contributed by atoms with Crippen LogP contribution < -0.4 is 10.1 Å². The second kappa shape index (κ2) is 7.32. The van der Waals surface area contributed by atoms with E-state index in [4.69, 9.17) is 16.3 Å². The fourth-order valence-corrected chi connectivity index (χ4v) is 2.65. The molecule has 0 radical (unpaired) electrons. The van der Waals surface area contributed by atoms with E-state index in [0.29, 0.717) is 17.3 Å².